The molecule has 1 aromatic rings. The number of nitrogens with zero attached hydrogens (tertiary/aromatic N) is 1. The Labute approximate surface area is 59.5 Å². The largest absolute Gasteiger partial charge is 0.506 e. The van der Waals surface area contributed by atoms with Crippen LogP contribution < -0.4 is 5.73 Å². The monoisotopic (exact) mass is 138 g/mol. The molecule has 3 nitrogen and oxygen atoms in total. The van der Waals surface area contributed by atoms with E-state index in [2.05, 4.69) is 4.98 Å². The number of hydrogen-bond donors (Lipinski definition) is 2. The molecule has 0 aromatic carbocycles. The lowest BCUT2D eigenvalue weighted by Crippen LogP contribution is -1.93. The zero-order valence-corrected chi connectivity index (χ0v) is 6.05. The molecule has 3 N–H and O–H groups in total. The van der Waals surface area contributed by atoms with Gasteiger partial charge in [-0.05, 0) is 25.5 Å². The van der Waals surface area contributed by atoms with Crippen LogP contribution in [0, 0.1) is 13.8 Å². The summed E-state index contributed by atoms with van der Waals surface area (Å²) in [5, 5.41) is 9.21. The van der Waals surface area contributed by atoms with Gasteiger partial charge in [0.15, 0.2) is 0 Å². The van der Waals surface area contributed by atoms with E-state index in [1.165, 1.54) is 0 Å². The van der Waals surface area contributed by atoms with Crippen molar-refractivity contribution in [3.05, 3.63) is 17.3 Å². The number of nitrogen functional groups attached to an aromatic ring is 1. The van der Waals surface area contributed by atoms with Gasteiger partial charge in [-0.2, -0.15) is 0 Å². The van der Waals surface area contributed by atoms with E-state index in [-0.39, 0.29) is 5.75 Å². The highest BCUT2D eigenvalue weighted by Crippen LogP contribution is 2.20. The van der Waals surface area contributed by atoms with E-state index in [0.29, 0.717) is 11.5 Å². The maximum Gasteiger partial charge on any atom is 0.139 e. The van der Waals surface area contributed by atoms with Crippen molar-refractivity contribution in [1.29, 1.82) is 0 Å². The Balaban J connectivity index is 3.31. The molecular formula is C7H10N2O. The molecule has 0 aliphatic carbocycles. The molecule has 10 heavy (non-hydrogen) atoms. The first-order valence-electron chi connectivity index (χ1n) is 3.04. The van der Waals surface area contributed by atoms with E-state index in [9.17, 15) is 5.11 Å². The number of aromatic nitrogens is 1. The summed E-state index contributed by atoms with van der Waals surface area (Å²) in [5.74, 6) is 0.682. The summed E-state index contributed by atoms with van der Waals surface area (Å²) < 4.78 is 0. The molecule has 1 rings (SSSR count). The van der Waals surface area contributed by atoms with Gasteiger partial charge in [-0.3, -0.25) is 0 Å². The summed E-state index contributed by atoms with van der Waals surface area (Å²) in [6.07, 6.45) is 0. The Morgan fingerprint density at radius 2 is 2.10 bits per heavy atom. The van der Waals surface area contributed by atoms with E-state index in [1.807, 2.05) is 0 Å². The molecule has 1 aromatic heterocycles. The minimum atomic E-state index is 0.231. The predicted octanol–water partition coefficient (Wildman–Crippen LogP) is 0.986. The number of rotatable bonds is 0. The van der Waals surface area contributed by atoms with Gasteiger partial charge in [0.25, 0.3) is 0 Å². The molecule has 0 amide bonds. The van der Waals surface area contributed by atoms with E-state index >= 15 is 0 Å². The van der Waals surface area contributed by atoms with E-state index < -0.39 is 0 Å². The van der Waals surface area contributed by atoms with Crippen LogP contribution in [0.4, 0.5) is 5.82 Å². The summed E-state index contributed by atoms with van der Waals surface area (Å²) in [4.78, 5) is 3.86. The Morgan fingerprint density at radius 1 is 1.50 bits per heavy atom. The topological polar surface area (TPSA) is 59.1 Å². The molecule has 0 saturated heterocycles. The normalized spacial score (nSPS) is 9.80. The molecule has 1 heterocycles. The van der Waals surface area contributed by atoms with Crippen molar-refractivity contribution in [3.63, 3.8) is 0 Å². The molecule has 0 spiro atoms. The van der Waals surface area contributed by atoms with Gasteiger partial charge < -0.3 is 10.8 Å². The van der Waals surface area contributed by atoms with E-state index in [4.69, 9.17) is 5.73 Å². The quantitative estimate of drug-likeness (QED) is 0.562. The molecular weight excluding hydrogens is 128 g/mol. The predicted molar refractivity (Wildman–Crippen MR) is 39.8 cm³/mol. The van der Waals surface area contributed by atoms with Crippen LogP contribution >= 0.6 is 0 Å². The Morgan fingerprint density at radius 3 is 2.60 bits per heavy atom. The van der Waals surface area contributed by atoms with Crippen LogP contribution in [0.5, 0.6) is 5.75 Å². The van der Waals surface area contributed by atoms with Crippen molar-refractivity contribution >= 4 is 5.82 Å². The average Bonchev–Trinajstić information content (AvgIpc) is 1.82. The van der Waals surface area contributed by atoms with Crippen molar-refractivity contribution in [2.45, 2.75) is 13.8 Å². The number of aryl methyl sites for hydroxylation is 2. The smallest absolute Gasteiger partial charge is 0.139 e. The maximum atomic E-state index is 9.21. The van der Waals surface area contributed by atoms with E-state index in [1.54, 1.807) is 19.9 Å². The minimum Gasteiger partial charge on any atom is -0.506 e. The highest BCUT2D eigenvalue weighted by molar-refractivity contribution is 5.43. The summed E-state index contributed by atoms with van der Waals surface area (Å²) in [6.45, 7) is 3.51. The van der Waals surface area contributed by atoms with Crippen LogP contribution in [0.3, 0.4) is 0 Å². The number of pyridine rings is 1. The molecule has 0 atom stereocenters. The fourth-order valence-electron chi connectivity index (χ4n) is 0.854. The number of aromatic hydroxyl groups is 1. The lowest BCUT2D eigenvalue weighted by atomic mass is 10.2. The Bertz CT molecular complexity index is 235. The van der Waals surface area contributed by atoms with Crippen LogP contribution in [-0.4, -0.2) is 10.1 Å². The SMILES string of the molecule is Cc1cc(N)nc(C)c1O. The Hall–Kier alpha value is -1.25. The van der Waals surface area contributed by atoms with Gasteiger partial charge in [-0.25, -0.2) is 4.98 Å². The van der Waals surface area contributed by atoms with Crippen molar-refractivity contribution in [1.82, 2.24) is 4.98 Å². The summed E-state index contributed by atoms with van der Waals surface area (Å²) in [7, 11) is 0. The van der Waals surface area contributed by atoms with Crippen LogP contribution in [-0.2, 0) is 0 Å². The first-order chi connectivity index (χ1) is 4.61. The van der Waals surface area contributed by atoms with Crippen molar-refractivity contribution in [2.24, 2.45) is 0 Å². The third-order valence-electron chi connectivity index (χ3n) is 1.38. The first-order valence-corrected chi connectivity index (χ1v) is 3.04. The molecule has 54 valence electrons. The fraction of sp³-hybridized carbons (Fsp3) is 0.286. The molecule has 0 unspecified atom stereocenters. The van der Waals surface area contributed by atoms with Gasteiger partial charge in [0.1, 0.15) is 11.6 Å². The third-order valence-corrected chi connectivity index (χ3v) is 1.38. The maximum absolute atomic E-state index is 9.21. The Kier molecular flexibility index (Phi) is 1.49. The van der Waals surface area contributed by atoms with Crippen LogP contribution in [0.1, 0.15) is 11.3 Å². The van der Waals surface area contributed by atoms with Gasteiger partial charge >= 0.3 is 0 Å². The van der Waals surface area contributed by atoms with Gasteiger partial charge in [0, 0.05) is 0 Å². The molecule has 0 fully saturated rings. The summed E-state index contributed by atoms with van der Waals surface area (Å²) in [5.41, 5.74) is 6.76. The first kappa shape index (κ1) is 6.86. The van der Waals surface area contributed by atoms with Crippen molar-refractivity contribution < 1.29 is 5.11 Å². The molecule has 0 saturated carbocycles. The molecule has 0 aliphatic rings. The minimum absolute atomic E-state index is 0.231. The van der Waals surface area contributed by atoms with Crippen LogP contribution in [0.2, 0.25) is 0 Å². The van der Waals surface area contributed by atoms with Gasteiger partial charge in [-0.15, -0.1) is 0 Å². The van der Waals surface area contributed by atoms with E-state index in [0.717, 1.165) is 5.56 Å². The molecule has 0 bridgehead atoms. The zero-order valence-electron chi connectivity index (χ0n) is 6.05. The molecule has 0 aliphatic heterocycles. The zero-order chi connectivity index (χ0) is 7.72. The summed E-state index contributed by atoms with van der Waals surface area (Å²) >= 11 is 0. The lowest BCUT2D eigenvalue weighted by molar-refractivity contribution is 0.463. The van der Waals surface area contributed by atoms with Gasteiger partial charge in [0.2, 0.25) is 0 Å². The highest BCUT2D eigenvalue weighted by atomic mass is 16.3. The number of hydrogen-bond acceptors (Lipinski definition) is 3. The summed E-state index contributed by atoms with van der Waals surface area (Å²) in [6, 6.07) is 1.64. The number of nitrogens with two attached hydrogens (primary N) is 1. The second kappa shape index (κ2) is 2.17. The molecule has 0 radical (unpaired) electrons. The fourth-order valence-corrected chi connectivity index (χ4v) is 0.854. The van der Waals surface area contributed by atoms with Crippen LogP contribution in [0.25, 0.3) is 0 Å². The van der Waals surface area contributed by atoms with Crippen molar-refractivity contribution in [3.8, 4) is 5.75 Å². The average molecular weight is 138 g/mol. The number of anilines is 1. The van der Waals surface area contributed by atoms with Crippen molar-refractivity contribution in [2.75, 3.05) is 5.73 Å². The second-order valence-electron chi connectivity index (χ2n) is 2.30. The van der Waals surface area contributed by atoms with Gasteiger partial charge in [0.05, 0.1) is 5.69 Å². The highest BCUT2D eigenvalue weighted by Gasteiger charge is 2.01. The second-order valence-corrected chi connectivity index (χ2v) is 2.30. The molecule has 3 heteroatoms. The lowest BCUT2D eigenvalue weighted by Gasteiger charge is -2.01. The third kappa shape index (κ3) is 1.03. The van der Waals surface area contributed by atoms with Gasteiger partial charge in [-0.1, -0.05) is 0 Å². The standard InChI is InChI=1S/C7H10N2O/c1-4-3-6(8)9-5(2)7(4)10/h3,10H,1-2H3,(H2,8,9). The van der Waals surface area contributed by atoms with Crippen LogP contribution in [0.15, 0.2) is 6.07 Å².